The predicted octanol–water partition coefficient (Wildman–Crippen LogP) is 2.83. The number of nitrogens with zero attached hydrogens (tertiary/aromatic N) is 2. The lowest BCUT2D eigenvalue weighted by Gasteiger charge is -2.40. The monoisotopic (exact) mass is 357 g/mol. The van der Waals surface area contributed by atoms with E-state index in [1.807, 2.05) is 24.8 Å². The fraction of sp³-hybridized carbons (Fsp3) is 0.714. The maximum absolute atomic E-state index is 13.1. The number of carbonyl (C=O) groups excluding carboxylic acids is 1. The lowest BCUT2D eigenvalue weighted by Crippen LogP contribution is -2.47. The number of rotatable bonds is 4. The molecule has 5 heteroatoms. The Labute approximate surface area is 155 Å². The Kier molecular flexibility index (Phi) is 4.91. The minimum absolute atomic E-state index is 0.0936. The van der Waals surface area contributed by atoms with Crippen molar-refractivity contribution in [2.75, 3.05) is 26.2 Å². The van der Waals surface area contributed by atoms with Gasteiger partial charge in [0.15, 0.2) is 0 Å². The highest BCUT2D eigenvalue weighted by Gasteiger charge is 2.38. The molecule has 26 heavy (non-hydrogen) atoms. The molecular formula is C21H31N3O2. The van der Waals surface area contributed by atoms with E-state index in [-0.39, 0.29) is 17.4 Å². The van der Waals surface area contributed by atoms with Gasteiger partial charge in [-0.05, 0) is 55.6 Å². The van der Waals surface area contributed by atoms with Crippen molar-refractivity contribution >= 4 is 5.91 Å². The summed E-state index contributed by atoms with van der Waals surface area (Å²) in [6.45, 7) is 7.96. The molecule has 3 saturated heterocycles. The van der Waals surface area contributed by atoms with Crippen LogP contribution in [0, 0.1) is 11.8 Å². The van der Waals surface area contributed by atoms with Crippen molar-refractivity contribution in [3.63, 3.8) is 0 Å². The second kappa shape index (κ2) is 7.18. The number of amides is 1. The zero-order chi connectivity index (χ0) is 18.3. The zero-order valence-corrected chi connectivity index (χ0v) is 16.0. The number of nitrogens with one attached hydrogen (secondary N) is 1. The molecule has 4 fully saturated rings. The van der Waals surface area contributed by atoms with Crippen LogP contribution >= 0.6 is 0 Å². The summed E-state index contributed by atoms with van der Waals surface area (Å²) in [5.74, 6) is 1.57. The number of carbonyl (C=O) groups is 1. The standard InChI is InChI=1S/C21H31N3O2/c1-14(2)19-9-8-18(20(25)22-19)21(26)24-12-16-6-7-17(13-24)23(11-16)10-15-4-3-5-15/h8-9,14-17H,3-7,10-13H2,1-2H3,(H,22,25)/t16-,17-/m0/s1. The van der Waals surface area contributed by atoms with Crippen LogP contribution in [0.3, 0.4) is 0 Å². The quantitative estimate of drug-likeness (QED) is 0.901. The molecule has 1 aromatic heterocycles. The molecule has 1 aromatic rings. The van der Waals surface area contributed by atoms with Crippen molar-refractivity contribution in [3.05, 3.63) is 33.7 Å². The fourth-order valence-electron chi connectivity index (χ4n) is 4.74. The Morgan fingerprint density at radius 2 is 1.96 bits per heavy atom. The molecule has 3 aliphatic heterocycles. The van der Waals surface area contributed by atoms with Crippen LogP contribution in [0.1, 0.15) is 67.9 Å². The lowest BCUT2D eigenvalue weighted by molar-refractivity contribution is 0.0715. The first-order chi connectivity index (χ1) is 12.5. The fourth-order valence-corrected chi connectivity index (χ4v) is 4.74. The maximum atomic E-state index is 13.1. The minimum Gasteiger partial charge on any atom is -0.337 e. The SMILES string of the molecule is CC(C)c1ccc(C(=O)N2C[C@H]3CC[C@@H](C2)N(CC2CCC2)C3)c(=O)[nH]1. The first-order valence-corrected chi connectivity index (χ1v) is 10.3. The van der Waals surface area contributed by atoms with Crippen LogP contribution in [0.5, 0.6) is 0 Å². The van der Waals surface area contributed by atoms with Crippen molar-refractivity contribution in [2.45, 2.75) is 57.9 Å². The summed E-state index contributed by atoms with van der Waals surface area (Å²) in [5, 5.41) is 0. The summed E-state index contributed by atoms with van der Waals surface area (Å²) in [7, 11) is 0. The van der Waals surface area contributed by atoms with Crippen LogP contribution in [0.2, 0.25) is 0 Å². The van der Waals surface area contributed by atoms with Crippen LogP contribution in [-0.4, -0.2) is 52.9 Å². The smallest absolute Gasteiger partial charge is 0.261 e. The molecule has 5 rings (SSSR count). The molecule has 2 atom stereocenters. The van der Waals surface area contributed by atoms with E-state index >= 15 is 0 Å². The van der Waals surface area contributed by atoms with E-state index in [4.69, 9.17) is 0 Å². The average molecular weight is 357 g/mol. The van der Waals surface area contributed by atoms with Crippen LogP contribution in [0.15, 0.2) is 16.9 Å². The summed E-state index contributed by atoms with van der Waals surface area (Å²) in [6.07, 6.45) is 6.51. The maximum Gasteiger partial charge on any atom is 0.261 e. The first-order valence-electron chi connectivity index (χ1n) is 10.3. The van der Waals surface area contributed by atoms with Gasteiger partial charge in [0.1, 0.15) is 5.56 Å². The summed E-state index contributed by atoms with van der Waals surface area (Å²) < 4.78 is 0. The highest BCUT2D eigenvalue weighted by molar-refractivity contribution is 5.94. The Balaban J connectivity index is 1.49. The van der Waals surface area contributed by atoms with E-state index in [1.54, 1.807) is 6.07 Å². The predicted molar refractivity (Wildman–Crippen MR) is 102 cm³/mol. The lowest BCUT2D eigenvalue weighted by atomic mass is 9.83. The van der Waals surface area contributed by atoms with E-state index in [2.05, 4.69) is 9.88 Å². The number of H-pyrrole nitrogens is 1. The second-order valence-corrected chi connectivity index (χ2v) is 8.87. The highest BCUT2D eigenvalue weighted by Crippen LogP contribution is 2.33. The van der Waals surface area contributed by atoms with E-state index in [0.717, 1.165) is 31.2 Å². The molecule has 0 unspecified atom stereocenters. The van der Waals surface area contributed by atoms with E-state index in [9.17, 15) is 9.59 Å². The second-order valence-electron chi connectivity index (χ2n) is 8.87. The molecule has 142 valence electrons. The molecule has 0 radical (unpaired) electrons. The number of pyridine rings is 1. The Hall–Kier alpha value is -1.62. The average Bonchev–Trinajstić information content (AvgIpc) is 2.89. The van der Waals surface area contributed by atoms with Gasteiger partial charge in [0.25, 0.3) is 11.5 Å². The molecular weight excluding hydrogens is 326 g/mol. The van der Waals surface area contributed by atoms with Gasteiger partial charge in [0, 0.05) is 37.9 Å². The summed E-state index contributed by atoms with van der Waals surface area (Å²) in [4.78, 5) is 33.0. The van der Waals surface area contributed by atoms with Gasteiger partial charge in [0.2, 0.25) is 0 Å². The number of aromatic amines is 1. The van der Waals surface area contributed by atoms with E-state index in [1.165, 1.54) is 38.6 Å². The third-order valence-electron chi connectivity index (χ3n) is 6.62. The molecule has 0 spiro atoms. The van der Waals surface area contributed by atoms with Gasteiger partial charge in [-0.15, -0.1) is 0 Å². The van der Waals surface area contributed by atoms with Crippen molar-refractivity contribution in [2.24, 2.45) is 11.8 Å². The Morgan fingerprint density at radius 1 is 1.15 bits per heavy atom. The molecule has 1 saturated carbocycles. The normalized spacial score (nSPS) is 26.8. The number of piperidine rings is 1. The third-order valence-corrected chi connectivity index (χ3v) is 6.62. The summed E-state index contributed by atoms with van der Waals surface area (Å²) in [6, 6.07) is 4.07. The zero-order valence-electron chi connectivity index (χ0n) is 16.0. The number of hydrogen-bond donors (Lipinski definition) is 1. The van der Waals surface area contributed by atoms with Crippen LogP contribution in [0.25, 0.3) is 0 Å². The highest BCUT2D eigenvalue weighted by atomic mass is 16.2. The van der Waals surface area contributed by atoms with Crippen LogP contribution < -0.4 is 5.56 Å². The number of fused-ring (bicyclic) bond motifs is 4. The molecule has 4 heterocycles. The molecule has 1 aliphatic carbocycles. The van der Waals surface area contributed by atoms with Crippen LogP contribution in [-0.2, 0) is 0 Å². The van der Waals surface area contributed by atoms with Crippen molar-refractivity contribution < 1.29 is 4.79 Å². The molecule has 1 amide bonds. The Morgan fingerprint density at radius 3 is 2.62 bits per heavy atom. The number of aromatic nitrogens is 1. The topological polar surface area (TPSA) is 56.4 Å². The van der Waals surface area contributed by atoms with Gasteiger partial charge in [-0.2, -0.15) is 0 Å². The van der Waals surface area contributed by atoms with E-state index in [0.29, 0.717) is 17.5 Å². The van der Waals surface area contributed by atoms with Crippen molar-refractivity contribution in [1.29, 1.82) is 0 Å². The van der Waals surface area contributed by atoms with Crippen LogP contribution in [0.4, 0.5) is 0 Å². The summed E-state index contributed by atoms with van der Waals surface area (Å²) in [5.41, 5.74) is 0.930. The van der Waals surface area contributed by atoms with E-state index < -0.39 is 0 Å². The molecule has 4 aliphatic rings. The Bertz CT molecular complexity index is 722. The minimum atomic E-state index is -0.246. The molecule has 2 bridgehead atoms. The summed E-state index contributed by atoms with van der Waals surface area (Å²) >= 11 is 0. The molecule has 5 nitrogen and oxygen atoms in total. The van der Waals surface area contributed by atoms with Crippen molar-refractivity contribution in [1.82, 2.24) is 14.8 Å². The molecule has 1 N–H and O–H groups in total. The largest absolute Gasteiger partial charge is 0.337 e. The number of hydrogen-bond acceptors (Lipinski definition) is 3. The van der Waals surface area contributed by atoms with Gasteiger partial charge in [0.05, 0.1) is 0 Å². The van der Waals surface area contributed by atoms with Crippen molar-refractivity contribution in [3.8, 4) is 0 Å². The van der Waals surface area contributed by atoms with Gasteiger partial charge < -0.3 is 9.88 Å². The van der Waals surface area contributed by atoms with Gasteiger partial charge >= 0.3 is 0 Å². The van der Waals surface area contributed by atoms with Gasteiger partial charge in [-0.3, -0.25) is 14.5 Å². The first kappa shape index (κ1) is 17.8. The third kappa shape index (κ3) is 3.46. The van der Waals surface area contributed by atoms with Gasteiger partial charge in [-0.25, -0.2) is 0 Å². The van der Waals surface area contributed by atoms with Gasteiger partial charge in [-0.1, -0.05) is 20.3 Å². The molecule has 0 aromatic carbocycles.